The Morgan fingerprint density at radius 1 is 0.261 bits per heavy atom. The SMILES string of the molecule is Cc1ccc2c(-c3ccccc3)c3cc4c(cc3cc2c1)-c1ccc2c3c(ccc-4c13)-c1c-2c(-c2cc(C(C)(C)C)cc(C(C)(C)C)c2)c2ccccc2c1-c1cc(C(C)(C)C)cc(C(C)(C)C)c1. The Morgan fingerprint density at radius 2 is 0.681 bits per heavy atom. The maximum atomic E-state index is 2.52. The monoisotopic (exact) mass is 893 g/mol. The Hall–Kier alpha value is -6.76. The van der Waals surface area contributed by atoms with E-state index in [1.807, 2.05) is 0 Å². The van der Waals surface area contributed by atoms with Crippen molar-refractivity contribution in [2.45, 2.75) is 112 Å². The average Bonchev–Trinajstić information content (AvgIpc) is 3.79. The molecule has 0 spiro atoms. The zero-order valence-electron chi connectivity index (χ0n) is 42.9. The fourth-order valence-electron chi connectivity index (χ4n) is 11.9. The van der Waals surface area contributed by atoms with Crippen LogP contribution in [0.25, 0.3) is 121 Å². The van der Waals surface area contributed by atoms with Gasteiger partial charge in [0, 0.05) is 0 Å². The van der Waals surface area contributed by atoms with Crippen molar-refractivity contribution in [2.24, 2.45) is 0 Å². The largest absolute Gasteiger partial charge is 0.0622 e. The molecule has 340 valence electrons. The van der Waals surface area contributed by atoms with Crippen LogP contribution in [0.1, 0.15) is 111 Å². The first kappa shape index (κ1) is 43.5. The summed E-state index contributed by atoms with van der Waals surface area (Å²) in [5.74, 6) is 0. The Morgan fingerprint density at radius 3 is 1.16 bits per heavy atom. The number of rotatable bonds is 3. The van der Waals surface area contributed by atoms with Crippen molar-refractivity contribution >= 4 is 43.1 Å². The maximum absolute atomic E-state index is 2.52. The molecule has 0 N–H and O–H groups in total. The fourth-order valence-corrected chi connectivity index (χ4v) is 11.9. The smallest absolute Gasteiger partial charge is 0.000740 e. The van der Waals surface area contributed by atoms with Crippen molar-refractivity contribution in [3.05, 3.63) is 179 Å². The summed E-state index contributed by atoms with van der Waals surface area (Å²) in [6.07, 6.45) is 0. The normalized spacial score (nSPS) is 13.3. The lowest BCUT2D eigenvalue weighted by atomic mass is 9.75. The van der Waals surface area contributed by atoms with Gasteiger partial charge in [-0.3, -0.25) is 0 Å². The predicted octanol–water partition coefficient (Wildman–Crippen LogP) is 20.1. The fraction of sp³-hybridized carbons (Fsp3) is 0.246. The minimum atomic E-state index is -0.0302. The van der Waals surface area contributed by atoms with Crippen LogP contribution in [0.3, 0.4) is 0 Å². The van der Waals surface area contributed by atoms with E-state index in [-0.39, 0.29) is 21.7 Å². The highest BCUT2D eigenvalue weighted by molar-refractivity contribution is 6.33. The molecule has 0 aromatic heterocycles. The van der Waals surface area contributed by atoms with Crippen molar-refractivity contribution < 1.29 is 0 Å². The van der Waals surface area contributed by atoms with Gasteiger partial charge in [-0.05, 0) is 190 Å². The molecule has 0 bridgehead atoms. The van der Waals surface area contributed by atoms with Crippen molar-refractivity contribution in [1.29, 1.82) is 0 Å². The third-order valence-corrected chi connectivity index (χ3v) is 15.7. The number of hydrogen-bond acceptors (Lipinski definition) is 0. The molecule has 2 aliphatic carbocycles. The molecule has 0 heterocycles. The van der Waals surface area contributed by atoms with E-state index in [1.165, 1.54) is 149 Å². The molecular weight excluding hydrogens is 829 g/mol. The summed E-state index contributed by atoms with van der Waals surface area (Å²) in [4.78, 5) is 0. The molecule has 2 aliphatic rings. The van der Waals surface area contributed by atoms with Gasteiger partial charge >= 0.3 is 0 Å². The zero-order valence-corrected chi connectivity index (χ0v) is 42.9. The quantitative estimate of drug-likeness (QED) is 0.155. The Bertz CT molecular complexity index is 3650. The lowest BCUT2D eigenvalue weighted by Crippen LogP contribution is -2.17. The van der Waals surface area contributed by atoms with Gasteiger partial charge in [-0.2, -0.15) is 0 Å². The van der Waals surface area contributed by atoms with E-state index >= 15 is 0 Å². The van der Waals surface area contributed by atoms with E-state index in [9.17, 15) is 0 Å². The highest BCUT2D eigenvalue weighted by Crippen LogP contribution is 2.62. The van der Waals surface area contributed by atoms with Crippen LogP contribution in [0.5, 0.6) is 0 Å². The lowest BCUT2D eigenvalue weighted by molar-refractivity contribution is 0.568. The molecule has 10 aromatic rings. The van der Waals surface area contributed by atoms with Crippen LogP contribution < -0.4 is 0 Å². The van der Waals surface area contributed by atoms with Gasteiger partial charge in [-0.25, -0.2) is 0 Å². The average molecular weight is 893 g/mol. The Labute approximate surface area is 410 Å². The van der Waals surface area contributed by atoms with Gasteiger partial charge in [-0.15, -0.1) is 0 Å². The highest BCUT2D eigenvalue weighted by Gasteiger charge is 2.36. The second-order valence-electron chi connectivity index (χ2n) is 24.7. The van der Waals surface area contributed by atoms with Crippen LogP contribution in [-0.4, -0.2) is 0 Å². The molecule has 10 aromatic carbocycles. The van der Waals surface area contributed by atoms with Crippen LogP contribution in [0.2, 0.25) is 0 Å². The molecule has 0 atom stereocenters. The van der Waals surface area contributed by atoms with Gasteiger partial charge in [0.15, 0.2) is 0 Å². The van der Waals surface area contributed by atoms with Gasteiger partial charge < -0.3 is 0 Å². The molecule has 0 aliphatic heterocycles. The van der Waals surface area contributed by atoms with Crippen molar-refractivity contribution in [3.63, 3.8) is 0 Å². The molecule has 0 nitrogen and oxygen atoms in total. The summed E-state index contributed by atoms with van der Waals surface area (Å²) in [5, 5.41) is 10.6. The first-order valence-electron chi connectivity index (χ1n) is 25.2. The standard InChI is InChI=1S/C69H64/c1-39-23-24-49-41(29-39)30-42-35-57-52-25-27-54-63-55(28-26-53(62(52)63)58(57)38-56(42)59(49)40-19-15-14-16-20-40)65-61(44-33-47(68(8,9)10)37-48(34-44)69(11,12)13)51-22-18-17-21-50(51)60(64(54)65)43-31-45(66(2,3)4)36-46(32-43)67(5,6)7/h14-38H,1-13H3. The molecular formula is C69H64. The van der Waals surface area contributed by atoms with Crippen LogP contribution in [0, 0.1) is 6.92 Å². The zero-order chi connectivity index (χ0) is 48.3. The Balaban J connectivity index is 1.22. The van der Waals surface area contributed by atoms with Crippen LogP contribution >= 0.6 is 0 Å². The molecule has 0 unspecified atom stereocenters. The first-order chi connectivity index (χ1) is 32.6. The van der Waals surface area contributed by atoms with Crippen molar-refractivity contribution in [1.82, 2.24) is 0 Å². The van der Waals surface area contributed by atoms with Crippen molar-refractivity contribution in [2.75, 3.05) is 0 Å². The van der Waals surface area contributed by atoms with E-state index in [0.29, 0.717) is 0 Å². The van der Waals surface area contributed by atoms with E-state index in [1.54, 1.807) is 0 Å². The van der Waals surface area contributed by atoms with Crippen LogP contribution in [0.4, 0.5) is 0 Å². The maximum Gasteiger partial charge on any atom is -0.000740 e. The van der Waals surface area contributed by atoms with E-state index < -0.39 is 0 Å². The topological polar surface area (TPSA) is 0 Å². The number of fused-ring (bicyclic) bond motifs is 9. The number of aryl methyl sites for hydroxylation is 1. The van der Waals surface area contributed by atoms with Gasteiger partial charge in [-0.1, -0.05) is 222 Å². The minimum Gasteiger partial charge on any atom is -0.0622 e. The van der Waals surface area contributed by atoms with Crippen molar-refractivity contribution in [3.8, 4) is 77.9 Å². The van der Waals surface area contributed by atoms with E-state index in [2.05, 4.69) is 242 Å². The lowest BCUT2D eigenvalue weighted by Gasteiger charge is -2.29. The summed E-state index contributed by atoms with van der Waals surface area (Å²) in [7, 11) is 0. The molecule has 0 saturated heterocycles. The third-order valence-electron chi connectivity index (χ3n) is 15.7. The summed E-state index contributed by atoms with van der Waals surface area (Å²) >= 11 is 0. The minimum absolute atomic E-state index is 0.0302. The Kier molecular flexibility index (Phi) is 9.23. The van der Waals surface area contributed by atoms with Crippen LogP contribution in [-0.2, 0) is 21.7 Å². The summed E-state index contributed by atoms with van der Waals surface area (Å²) in [5.41, 5.74) is 25.2. The molecule has 0 fully saturated rings. The molecule has 0 saturated carbocycles. The second-order valence-corrected chi connectivity index (χ2v) is 24.7. The molecule has 0 amide bonds. The van der Waals surface area contributed by atoms with Gasteiger partial charge in [0.25, 0.3) is 0 Å². The number of hydrogen-bond donors (Lipinski definition) is 0. The predicted molar refractivity (Wildman–Crippen MR) is 301 cm³/mol. The van der Waals surface area contributed by atoms with Crippen LogP contribution in [0.15, 0.2) is 152 Å². The number of benzene rings is 10. The summed E-state index contributed by atoms with van der Waals surface area (Å²) < 4.78 is 0. The molecule has 69 heavy (non-hydrogen) atoms. The highest BCUT2D eigenvalue weighted by atomic mass is 14.4. The second kappa shape index (κ2) is 14.6. The third kappa shape index (κ3) is 6.69. The summed E-state index contributed by atoms with van der Waals surface area (Å²) in [6, 6.07) is 59.7. The van der Waals surface area contributed by atoms with E-state index in [0.717, 1.165) is 0 Å². The molecule has 0 heteroatoms. The molecule has 0 radical (unpaired) electrons. The first-order valence-corrected chi connectivity index (χ1v) is 25.2. The van der Waals surface area contributed by atoms with Gasteiger partial charge in [0.1, 0.15) is 0 Å². The summed E-state index contributed by atoms with van der Waals surface area (Å²) in [6.45, 7) is 30.6. The van der Waals surface area contributed by atoms with E-state index in [4.69, 9.17) is 0 Å². The molecule has 12 rings (SSSR count). The van der Waals surface area contributed by atoms with Gasteiger partial charge in [0.2, 0.25) is 0 Å². The van der Waals surface area contributed by atoms with Gasteiger partial charge in [0.05, 0.1) is 0 Å².